The maximum atomic E-state index is 11.2. The molecule has 3 fully saturated rings. The van der Waals surface area contributed by atoms with E-state index in [1.165, 1.54) is 11.1 Å². The van der Waals surface area contributed by atoms with Gasteiger partial charge in [-0.2, -0.15) is 0 Å². The van der Waals surface area contributed by atoms with Crippen molar-refractivity contribution in [3.05, 3.63) is 23.3 Å². The summed E-state index contributed by atoms with van der Waals surface area (Å²) in [7, 11) is 0. The van der Waals surface area contributed by atoms with Gasteiger partial charge in [-0.25, -0.2) is 0 Å². The van der Waals surface area contributed by atoms with Crippen LogP contribution in [0, 0.1) is 22.7 Å². The fraction of sp³-hybridized carbons (Fsp3) is 0.810. The highest BCUT2D eigenvalue weighted by Gasteiger charge is 2.65. The first kappa shape index (κ1) is 17.7. The Kier molecular flexibility index (Phi) is 3.84. The number of fused-ring (bicyclic) bond motifs is 5. The Balaban J connectivity index is 1.79. The lowest BCUT2D eigenvalue weighted by molar-refractivity contribution is -0.166. The Labute approximate surface area is 150 Å². The summed E-state index contributed by atoms with van der Waals surface area (Å²) in [6, 6.07) is 0. The summed E-state index contributed by atoms with van der Waals surface area (Å²) in [5.41, 5.74) is 0.763. The summed E-state index contributed by atoms with van der Waals surface area (Å²) in [5.74, 6) is 0.261. The summed E-state index contributed by atoms with van der Waals surface area (Å²) in [4.78, 5) is 0. The molecule has 0 saturated heterocycles. The number of rotatable bonds is 1. The van der Waals surface area contributed by atoms with Crippen LogP contribution < -0.4 is 0 Å². The van der Waals surface area contributed by atoms with E-state index in [1.807, 2.05) is 6.92 Å². The zero-order chi connectivity index (χ0) is 18.2. The minimum absolute atomic E-state index is 0.0643. The topological polar surface area (TPSA) is 80.9 Å². The molecule has 4 N–H and O–H groups in total. The molecule has 4 aliphatic rings. The predicted octanol–water partition coefficient (Wildman–Crippen LogP) is 2.31. The van der Waals surface area contributed by atoms with E-state index >= 15 is 0 Å². The lowest BCUT2D eigenvalue weighted by atomic mass is 9.49. The predicted molar refractivity (Wildman–Crippen MR) is 95.7 cm³/mol. The third kappa shape index (κ3) is 2.14. The van der Waals surface area contributed by atoms with Gasteiger partial charge in [0.05, 0.1) is 23.9 Å². The van der Waals surface area contributed by atoms with Crippen molar-refractivity contribution in [2.75, 3.05) is 0 Å². The van der Waals surface area contributed by atoms with Gasteiger partial charge in [-0.3, -0.25) is 0 Å². The van der Waals surface area contributed by atoms with Crippen molar-refractivity contribution in [3.63, 3.8) is 0 Å². The molecule has 8 atom stereocenters. The third-order valence-corrected chi connectivity index (χ3v) is 8.39. The van der Waals surface area contributed by atoms with E-state index in [9.17, 15) is 20.4 Å². The summed E-state index contributed by atoms with van der Waals surface area (Å²) < 4.78 is 0. The van der Waals surface area contributed by atoms with Gasteiger partial charge in [0.2, 0.25) is 0 Å². The van der Waals surface area contributed by atoms with Crippen LogP contribution in [0.3, 0.4) is 0 Å². The molecule has 4 aliphatic carbocycles. The summed E-state index contributed by atoms with van der Waals surface area (Å²) in [5, 5.41) is 42.7. The van der Waals surface area contributed by atoms with Crippen LogP contribution >= 0.6 is 0 Å². The molecular weight excluding hydrogens is 316 g/mol. The monoisotopic (exact) mass is 348 g/mol. The molecule has 0 bridgehead atoms. The lowest BCUT2D eigenvalue weighted by Crippen LogP contribution is -2.59. The van der Waals surface area contributed by atoms with Crippen LogP contribution in [0.4, 0.5) is 0 Å². The summed E-state index contributed by atoms with van der Waals surface area (Å²) in [6.07, 6.45) is 7.03. The molecule has 0 aliphatic heterocycles. The van der Waals surface area contributed by atoms with Crippen molar-refractivity contribution in [1.29, 1.82) is 0 Å². The smallest absolute Gasteiger partial charge is 0.0962 e. The average molecular weight is 348 g/mol. The van der Waals surface area contributed by atoms with E-state index in [-0.39, 0.29) is 23.4 Å². The first-order valence-corrected chi connectivity index (χ1v) is 9.81. The first-order valence-electron chi connectivity index (χ1n) is 9.81. The van der Waals surface area contributed by atoms with Crippen LogP contribution in [-0.2, 0) is 0 Å². The van der Waals surface area contributed by atoms with Crippen molar-refractivity contribution in [2.24, 2.45) is 22.7 Å². The number of hydrogen-bond acceptors (Lipinski definition) is 4. The Morgan fingerprint density at radius 1 is 1.12 bits per heavy atom. The van der Waals surface area contributed by atoms with E-state index in [2.05, 4.69) is 19.1 Å². The highest BCUT2D eigenvalue weighted by molar-refractivity contribution is 5.41. The number of aliphatic hydroxyl groups excluding tert-OH is 3. The molecule has 140 valence electrons. The van der Waals surface area contributed by atoms with Gasteiger partial charge in [0.1, 0.15) is 0 Å². The number of allylic oxidation sites excluding steroid dienone is 2. The number of aliphatic hydroxyl groups is 4. The normalized spacial score (nSPS) is 53.2. The molecule has 0 aromatic carbocycles. The molecule has 0 amide bonds. The van der Waals surface area contributed by atoms with Crippen LogP contribution in [0.25, 0.3) is 0 Å². The minimum atomic E-state index is -1.14. The van der Waals surface area contributed by atoms with Gasteiger partial charge in [0.15, 0.2) is 0 Å². The molecular formula is C21H32O4. The van der Waals surface area contributed by atoms with Crippen molar-refractivity contribution < 1.29 is 20.4 Å². The third-order valence-electron chi connectivity index (χ3n) is 8.39. The Bertz CT molecular complexity index is 638. The van der Waals surface area contributed by atoms with Crippen LogP contribution in [0.2, 0.25) is 0 Å². The molecule has 4 rings (SSSR count). The SMILES string of the molecule is C[C@H](O)[C@@]1(O)CC[C@H]2C3=CC=C4C[C@@H](O)CC[C@@]4(C)[C@@H]3[C@@H](O)C[C@@]21C. The largest absolute Gasteiger partial charge is 0.393 e. The molecule has 3 saturated carbocycles. The maximum Gasteiger partial charge on any atom is 0.0962 e. The second-order valence-corrected chi connectivity index (χ2v) is 9.53. The summed E-state index contributed by atoms with van der Waals surface area (Å²) in [6.45, 7) is 5.96. The van der Waals surface area contributed by atoms with E-state index in [4.69, 9.17) is 0 Å². The zero-order valence-corrected chi connectivity index (χ0v) is 15.6. The fourth-order valence-electron chi connectivity index (χ4n) is 6.84. The van der Waals surface area contributed by atoms with Crippen molar-refractivity contribution in [2.45, 2.75) is 83.2 Å². The highest BCUT2D eigenvalue weighted by atomic mass is 16.3. The van der Waals surface area contributed by atoms with Crippen LogP contribution in [0.5, 0.6) is 0 Å². The summed E-state index contributed by atoms with van der Waals surface area (Å²) >= 11 is 0. The highest BCUT2D eigenvalue weighted by Crippen LogP contribution is 2.66. The molecule has 0 aromatic rings. The Morgan fingerprint density at radius 3 is 2.52 bits per heavy atom. The van der Waals surface area contributed by atoms with Crippen molar-refractivity contribution in [1.82, 2.24) is 0 Å². The molecule has 4 heteroatoms. The quantitative estimate of drug-likeness (QED) is 0.586. The Hall–Kier alpha value is -0.680. The van der Waals surface area contributed by atoms with E-state index in [1.54, 1.807) is 6.92 Å². The zero-order valence-electron chi connectivity index (χ0n) is 15.6. The van der Waals surface area contributed by atoms with E-state index in [0.29, 0.717) is 19.3 Å². The van der Waals surface area contributed by atoms with Gasteiger partial charge in [0.25, 0.3) is 0 Å². The van der Waals surface area contributed by atoms with Crippen molar-refractivity contribution in [3.8, 4) is 0 Å². The molecule has 0 unspecified atom stereocenters. The van der Waals surface area contributed by atoms with E-state index < -0.39 is 23.2 Å². The fourth-order valence-corrected chi connectivity index (χ4v) is 6.84. The van der Waals surface area contributed by atoms with Crippen LogP contribution in [0.15, 0.2) is 23.3 Å². The Morgan fingerprint density at radius 2 is 1.84 bits per heavy atom. The first-order chi connectivity index (χ1) is 11.6. The molecule has 25 heavy (non-hydrogen) atoms. The van der Waals surface area contributed by atoms with Crippen molar-refractivity contribution >= 4 is 0 Å². The lowest BCUT2D eigenvalue weighted by Gasteiger charge is -2.58. The van der Waals surface area contributed by atoms with Gasteiger partial charge in [-0.05, 0) is 56.8 Å². The van der Waals surface area contributed by atoms with Gasteiger partial charge < -0.3 is 20.4 Å². The molecule has 0 aromatic heterocycles. The number of hydrogen-bond donors (Lipinski definition) is 4. The second-order valence-electron chi connectivity index (χ2n) is 9.53. The molecule has 0 heterocycles. The van der Waals surface area contributed by atoms with Gasteiger partial charge in [-0.1, -0.05) is 37.1 Å². The van der Waals surface area contributed by atoms with Gasteiger partial charge in [0, 0.05) is 11.3 Å². The second kappa shape index (κ2) is 5.41. The maximum absolute atomic E-state index is 11.2. The minimum Gasteiger partial charge on any atom is -0.393 e. The van der Waals surface area contributed by atoms with E-state index in [0.717, 1.165) is 19.3 Å². The van der Waals surface area contributed by atoms with Crippen LogP contribution in [0.1, 0.15) is 59.3 Å². The average Bonchev–Trinajstić information content (AvgIpc) is 2.80. The molecule has 4 nitrogen and oxygen atoms in total. The molecule has 0 spiro atoms. The van der Waals surface area contributed by atoms with Gasteiger partial charge in [-0.15, -0.1) is 0 Å². The molecule has 0 radical (unpaired) electrons. The standard InChI is InChI=1S/C21H32O4/c1-12(22)21(25)9-7-16-15-5-4-13-10-14(23)6-8-19(13,2)18(15)17(24)11-20(16,21)3/h4-5,12,14,16-18,22-25H,6-11H2,1-3H3/t12-,14-,16-,17-,18-,19+,20-,21-/m0/s1. The van der Waals surface area contributed by atoms with Gasteiger partial charge >= 0.3 is 0 Å². The van der Waals surface area contributed by atoms with Crippen LogP contribution in [-0.4, -0.2) is 44.3 Å².